The summed E-state index contributed by atoms with van der Waals surface area (Å²) < 4.78 is 31.8. The molecule has 0 aliphatic carbocycles. The van der Waals surface area contributed by atoms with E-state index in [1.807, 2.05) is 12.1 Å². The molecule has 1 saturated heterocycles. The van der Waals surface area contributed by atoms with E-state index in [0.29, 0.717) is 26.3 Å². The molecule has 3 rings (SSSR count). The zero-order valence-electron chi connectivity index (χ0n) is 13.5. The molecule has 0 bridgehead atoms. The molecule has 5 nitrogen and oxygen atoms in total. The van der Waals surface area contributed by atoms with Crippen molar-refractivity contribution in [2.45, 2.75) is 22.6 Å². The van der Waals surface area contributed by atoms with Crippen molar-refractivity contribution in [1.29, 1.82) is 0 Å². The molecule has 7 heteroatoms. The van der Waals surface area contributed by atoms with E-state index in [9.17, 15) is 8.42 Å². The fraction of sp³-hybridized carbons (Fsp3) is 0.353. The standard InChI is InChI=1S/C17H20N2O3S2/c1-14-4-2-3-5-15(14)13-23-17-7-6-16(12-18-17)24(20,21)19-8-10-22-11-9-19/h2-7,12H,8-11,13H2,1H3. The first-order chi connectivity index (χ1) is 11.6. The minimum atomic E-state index is -3.47. The Morgan fingerprint density at radius 2 is 1.92 bits per heavy atom. The lowest BCUT2D eigenvalue weighted by molar-refractivity contribution is 0.0730. The number of hydrogen-bond donors (Lipinski definition) is 0. The predicted octanol–water partition coefficient (Wildman–Crippen LogP) is 2.70. The third kappa shape index (κ3) is 3.97. The normalized spacial score (nSPS) is 16.2. The molecule has 24 heavy (non-hydrogen) atoms. The van der Waals surface area contributed by atoms with Crippen LogP contribution >= 0.6 is 11.8 Å². The van der Waals surface area contributed by atoms with Gasteiger partial charge in [-0.1, -0.05) is 24.3 Å². The number of hydrogen-bond acceptors (Lipinski definition) is 5. The maximum Gasteiger partial charge on any atom is 0.244 e. The maximum atomic E-state index is 12.5. The van der Waals surface area contributed by atoms with Crippen molar-refractivity contribution in [3.8, 4) is 0 Å². The first-order valence-electron chi connectivity index (χ1n) is 7.78. The van der Waals surface area contributed by atoms with Crippen molar-refractivity contribution in [2.75, 3.05) is 26.3 Å². The fourth-order valence-electron chi connectivity index (χ4n) is 2.46. The summed E-state index contributed by atoms with van der Waals surface area (Å²) in [7, 11) is -3.47. The highest BCUT2D eigenvalue weighted by molar-refractivity contribution is 7.98. The Morgan fingerprint density at radius 3 is 2.58 bits per heavy atom. The fourth-order valence-corrected chi connectivity index (χ4v) is 4.74. The highest BCUT2D eigenvalue weighted by Gasteiger charge is 2.26. The summed E-state index contributed by atoms with van der Waals surface area (Å²) >= 11 is 1.60. The summed E-state index contributed by atoms with van der Waals surface area (Å²) in [6.07, 6.45) is 1.45. The number of benzene rings is 1. The van der Waals surface area contributed by atoms with Crippen LogP contribution in [0, 0.1) is 6.92 Å². The van der Waals surface area contributed by atoms with Gasteiger partial charge >= 0.3 is 0 Å². The minimum Gasteiger partial charge on any atom is -0.379 e. The lowest BCUT2D eigenvalue weighted by Crippen LogP contribution is -2.40. The highest BCUT2D eigenvalue weighted by atomic mass is 32.2. The van der Waals surface area contributed by atoms with Gasteiger partial charge < -0.3 is 4.74 Å². The molecule has 1 fully saturated rings. The molecule has 0 spiro atoms. The van der Waals surface area contributed by atoms with Crippen LogP contribution in [0.1, 0.15) is 11.1 Å². The Morgan fingerprint density at radius 1 is 1.17 bits per heavy atom. The van der Waals surface area contributed by atoms with Gasteiger partial charge in [-0.25, -0.2) is 13.4 Å². The van der Waals surface area contributed by atoms with Gasteiger partial charge in [0.1, 0.15) is 4.90 Å². The molecular formula is C17H20N2O3S2. The molecule has 1 aromatic heterocycles. The number of pyridine rings is 1. The molecule has 0 N–H and O–H groups in total. The van der Waals surface area contributed by atoms with E-state index in [-0.39, 0.29) is 4.90 Å². The average Bonchev–Trinajstić information content (AvgIpc) is 2.62. The van der Waals surface area contributed by atoms with Crippen molar-refractivity contribution in [3.05, 3.63) is 53.7 Å². The second-order valence-electron chi connectivity index (χ2n) is 5.56. The van der Waals surface area contributed by atoms with Crippen LogP contribution < -0.4 is 0 Å². The van der Waals surface area contributed by atoms with Crippen molar-refractivity contribution in [1.82, 2.24) is 9.29 Å². The zero-order valence-corrected chi connectivity index (χ0v) is 15.1. The zero-order chi connectivity index (χ0) is 17.0. The molecule has 0 saturated carbocycles. The molecule has 0 atom stereocenters. The Bertz CT molecular complexity index is 786. The van der Waals surface area contributed by atoms with Gasteiger partial charge in [0.2, 0.25) is 10.0 Å². The van der Waals surface area contributed by atoms with Gasteiger partial charge in [-0.05, 0) is 30.2 Å². The van der Waals surface area contributed by atoms with Crippen LogP contribution in [-0.4, -0.2) is 44.0 Å². The SMILES string of the molecule is Cc1ccccc1CSc1ccc(S(=O)(=O)N2CCOCC2)cn1. The number of aromatic nitrogens is 1. The summed E-state index contributed by atoms with van der Waals surface area (Å²) in [5.74, 6) is 0.815. The minimum absolute atomic E-state index is 0.240. The summed E-state index contributed by atoms with van der Waals surface area (Å²) in [5.41, 5.74) is 2.51. The van der Waals surface area contributed by atoms with Crippen LogP contribution in [0.25, 0.3) is 0 Å². The summed E-state index contributed by atoms with van der Waals surface area (Å²) in [6.45, 7) is 3.76. The maximum absolute atomic E-state index is 12.5. The molecule has 1 aliphatic heterocycles. The smallest absolute Gasteiger partial charge is 0.244 e. The molecule has 0 amide bonds. The number of sulfonamides is 1. The first-order valence-corrected chi connectivity index (χ1v) is 10.2. The quantitative estimate of drug-likeness (QED) is 0.764. The Labute approximate surface area is 147 Å². The molecule has 0 radical (unpaired) electrons. The Kier molecular flexibility index (Phi) is 5.55. The van der Waals surface area contributed by atoms with Gasteiger partial charge in [-0.2, -0.15) is 4.31 Å². The van der Waals surface area contributed by atoms with Gasteiger partial charge in [-0.3, -0.25) is 0 Å². The molecule has 128 valence electrons. The second kappa shape index (κ2) is 7.65. The third-order valence-corrected chi connectivity index (χ3v) is 6.83. The monoisotopic (exact) mass is 364 g/mol. The third-order valence-electron chi connectivity index (χ3n) is 3.95. The molecule has 1 aromatic carbocycles. The molecule has 2 heterocycles. The first kappa shape index (κ1) is 17.4. The molecule has 2 aromatic rings. The van der Waals surface area contributed by atoms with Gasteiger partial charge in [0.25, 0.3) is 0 Å². The van der Waals surface area contributed by atoms with Crippen LogP contribution in [0.4, 0.5) is 0 Å². The van der Waals surface area contributed by atoms with E-state index in [2.05, 4.69) is 24.0 Å². The predicted molar refractivity (Wildman–Crippen MR) is 94.6 cm³/mol. The van der Waals surface area contributed by atoms with Gasteiger partial charge in [0, 0.05) is 25.0 Å². The van der Waals surface area contributed by atoms with Crippen molar-refractivity contribution >= 4 is 21.8 Å². The van der Waals surface area contributed by atoms with Crippen LogP contribution in [0.15, 0.2) is 52.5 Å². The Balaban J connectivity index is 1.68. The van der Waals surface area contributed by atoms with Crippen molar-refractivity contribution < 1.29 is 13.2 Å². The summed E-state index contributed by atoms with van der Waals surface area (Å²) in [6, 6.07) is 11.6. The van der Waals surface area contributed by atoms with Gasteiger partial charge in [0.15, 0.2) is 0 Å². The average molecular weight is 364 g/mol. The van der Waals surface area contributed by atoms with E-state index in [0.717, 1.165) is 10.8 Å². The van der Waals surface area contributed by atoms with E-state index < -0.39 is 10.0 Å². The van der Waals surface area contributed by atoms with E-state index in [1.165, 1.54) is 21.6 Å². The number of aryl methyl sites for hydroxylation is 1. The number of morpholine rings is 1. The Hall–Kier alpha value is -1.41. The van der Waals surface area contributed by atoms with Crippen LogP contribution in [0.5, 0.6) is 0 Å². The molecule has 1 aliphatic rings. The molecular weight excluding hydrogens is 344 g/mol. The summed E-state index contributed by atoms with van der Waals surface area (Å²) in [5, 5.41) is 0.819. The van der Waals surface area contributed by atoms with Crippen LogP contribution in [0.3, 0.4) is 0 Å². The topological polar surface area (TPSA) is 59.5 Å². The number of rotatable bonds is 5. The van der Waals surface area contributed by atoms with E-state index in [1.54, 1.807) is 23.9 Å². The molecule has 0 unspecified atom stereocenters. The van der Waals surface area contributed by atoms with Crippen LogP contribution in [-0.2, 0) is 20.5 Å². The number of thioether (sulfide) groups is 1. The summed E-state index contributed by atoms with van der Waals surface area (Å²) in [4.78, 5) is 4.55. The number of nitrogens with zero attached hydrogens (tertiary/aromatic N) is 2. The van der Waals surface area contributed by atoms with Gasteiger partial charge in [-0.15, -0.1) is 11.8 Å². The van der Waals surface area contributed by atoms with Crippen molar-refractivity contribution in [2.24, 2.45) is 0 Å². The lowest BCUT2D eigenvalue weighted by atomic mass is 10.1. The highest BCUT2D eigenvalue weighted by Crippen LogP contribution is 2.24. The van der Waals surface area contributed by atoms with E-state index >= 15 is 0 Å². The number of ether oxygens (including phenoxy) is 1. The second-order valence-corrected chi connectivity index (χ2v) is 8.50. The van der Waals surface area contributed by atoms with Crippen molar-refractivity contribution in [3.63, 3.8) is 0 Å². The lowest BCUT2D eigenvalue weighted by Gasteiger charge is -2.25. The van der Waals surface area contributed by atoms with E-state index in [4.69, 9.17) is 4.74 Å². The van der Waals surface area contributed by atoms with Gasteiger partial charge in [0.05, 0.1) is 18.2 Å². The largest absolute Gasteiger partial charge is 0.379 e. The van der Waals surface area contributed by atoms with Crippen LogP contribution in [0.2, 0.25) is 0 Å².